The van der Waals surface area contributed by atoms with Gasteiger partial charge in [0, 0.05) is 9.40 Å². The highest BCUT2D eigenvalue weighted by Crippen LogP contribution is 2.35. The summed E-state index contributed by atoms with van der Waals surface area (Å²) in [7, 11) is 0. The lowest BCUT2D eigenvalue weighted by Gasteiger charge is -1.80. The monoisotopic (exact) mass is 218 g/mol. The molecule has 0 radical (unpaired) electrons. The zero-order valence-electron chi connectivity index (χ0n) is 5.70. The first kappa shape index (κ1) is 8.04. The molecular formula is C7H3ClO2S2. The van der Waals surface area contributed by atoms with Crippen LogP contribution in [0.25, 0.3) is 9.40 Å². The molecule has 62 valence electrons. The highest BCUT2D eigenvalue weighted by molar-refractivity contribution is 7.30. The Hall–Kier alpha value is -0.580. The van der Waals surface area contributed by atoms with E-state index in [4.69, 9.17) is 16.7 Å². The minimum Gasteiger partial charge on any atom is -0.477 e. The fourth-order valence-electron chi connectivity index (χ4n) is 0.912. The van der Waals surface area contributed by atoms with Gasteiger partial charge in [-0.3, -0.25) is 0 Å². The maximum absolute atomic E-state index is 10.5. The van der Waals surface area contributed by atoms with Crippen molar-refractivity contribution in [2.75, 3.05) is 0 Å². The van der Waals surface area contributed by atoms with Gasteiger partial charge < -0.3 is 5.11 Å². The lowest BCUT2D eigenvalue weighted by molar-refractivity contribution is 0.0702. The minimum absolute atomic E-state index is 0.368. The van der Waals surface area contributed by atoms with Gasteiger partial charge in [-0.1, -0.05) is 11.6 Å². The van der Waals surface area contributed by atoms with Crippen LogP contribution < -0.4 is 0 Å². The zero-order valence-corrected chi connectivity index (χ0v) is 8.09. The van der Waals surface area contributed by atoms with Crippen LogP contribution in [0.4, 0.5) is 0 Å². The fraction of sp³-hybridized carbons (Fsp3) is 0. The second kappa shape index (κ2) is 2.73. The Morgan fingerprint density at radius 3 is 2.58 bits per heavy atom. The lowest BCUT2D eigenvalue weighted by atomic mass is 10.4. The van der Waals surface area contributed by atoms with Gasteiger partial charge in [0.15, 0.2) is 0 Å². The number of carboxylic acids is 1. The van der Waals surface area contributed by atoms with E-state index in [1.807, 2.05) is 0 Å². The van der Waals surface area contributed by atoms with E-state index in [1.165, 1.54) is 22.7 Å². The summed E-state index contributed by atoms with van der Waals surface area (Å²) in [4.78, 5) is 10.9. The fourth-order valence-corrected chi connectivity index (χ4v) is 3.29. The van der Waals surface area contributed by atoms with E-state index in [1.54, 1.807) is 12.1 Å². The van der Waals surface area contributed by atoms with E-state index < -0.39 is 5.97 Å². The molecule has 0 aromatic carbocycles. The summed E-state index contributed by atoms with van der Waals surface area (Å²) in [6, 6.07) is 3.44. The molecule has 0 bridgehead atoms. The number of carbonyl (C=O) groups is 1. The summed E-state index contributed by atoms with van der Waals surface area (Å²) in [5, 5.41) is 8.66. The topological polar surface area (TPSA) is 37.3 Å². The molecule has 0 aliphatic rings. The quantitative estimate of drug-likeness (QED) is 0.798. The van der Waals surface area contributed by atoms with E-state index in [9.17, 15) is 4.79 Å². The molecule has 1 N–H and O–H groups in total. The van der Waals surface area contributed by atoms with E-state index in [2.05, 4.69) is 0 Å². The van der Waals surface area contributed by atoms with Crippen LogP contribution >= 0.6 is 34.3 Å². The van der Waals surface area contributed by atoms with Crippen LogP contribution in [0.15, 0.2) is 12.1 Å². The Bertz CT molecular complexity index is 412. The molecule has 2 heterocycles. The van der Waals surface area contributed by atoms with Crippen LogP contribution in [0.5, 0.6) is 0 Å². The van der Waals surface area contributed by atoms with E-state index in [0.29, 0.717) is 9.21 Å². The summed E-state index contributed by atoms with van der Waals surface area (Å²) in [5.74, 6) is -0.875. The normalized spacial score (nSPS) is 10.8. The Kier molecular flexibility index (Phi) is 1.83. The molecule has 0 fully saturated rings. The van der Waals surface area contributed by atoms with E-state index in [-0.39, 0.29) is 0 Å². The van der Waals surface area contributed by atoms with Crippen molar-refractivity contribution < 1.29 is 9.90 Å². The molecule has 0 atom stereocenters. The molecular weight excluding hydrogens is 216 g/mol. The van der Waals surface area contributed by atoms with Crippen molar-refractivity contribution >= 4 is 49.6 Å². The van der Waals surface area contributed by atoms with Gasteiger partial charge in [0.25, 0.3) is 0 Å². The third kappa shape index (κ3) is 1.22. The summed E-state index contributed by atoms with van der Waals surface area (Å²) in [6.07, 6.45) is 0. The van der Waals surface area contributed by atoms with Gasteiger partial charge in [-0.2, -0.15) is 0 Å². The third-order valence-corrected chi connectivity index (χ3v) is 3.80. The van der Waals surface area contributed by atoms with Crippen LogP contribution in [0.1, 0.15) is 9.67 Å². The van der Waals surface area contributed by atoms with Gasteiger partial charge in [0.05, 0.1) is 4.34 Å². The number of aromatic carboxylic acids is 1. The van der Waals surface area contributed by atoms with Crippen LogP contribution in [-0.4, -0.2) is 11.1 Å². The second-order valence-electron chi connectivity index (χ2n) is 2.19. The first-order valence-electron chi connectivity index (χ1n) is 3.09. The van der Waals surface area contributed by atoms with Crippen molar-refractivity contribution in [3.8, 4) is 0 Å². The van der Waals surface area contributed by atoms with Gasteiger partial charge in [-0.25, -0.2) is 4.79 Å². The summed E-state index contributed by atoms with van der Waals surface area (Å²) in [5.41, 5.74) is 0. The maximum Gasteiger partial charge on any atom is 0.345 e. The number of fused-ring (bicyclic) bond motifs is 1. The number of rotatable bonds is 1. The maximum atomic E-state index is 10.5. The second-order valence-corrected chi connectivity index (χ2v) is 4.99. The molecule has 12 heavy (non-hydrogen) atoms. The molecule has 0 unspecified atom stereocenters. The highest BCUT2D eigenvalue weighted by atomic mass is 35.5. The van der Waals surface area contributed by atoms with Crippen molar-refractivity contribution in [3.63, 3.8) is 0 Å². The summed E-state index contributed by atoms with van der Waals surface area (Å²) >= 11 is 8.39. The highest BCUT2D eigenvalue weighted by Gasteiger charge is 2.10. The smallest absolute Gasteiger partial charge is 0.345 e. The van der Waals surface area contributed by atoms with E-state index in [0.717, 1.165) is 9.40 Å². The third-order valence-electron chi connectivity index (χ3n) is 1.39. The number of hydrogen-bond donors (Lipinski definition) is 1. The standard InChI is InChI=1S/C7H3ClO2S2/c8-6-2-4-3(12-6)1-5(11-4)7(9)10/h1-2H,(H,9,10). The van der Waals surface area contributed by atoms with Crippen molar-refractivity contribution in [3.05, 3.63) is 21.3 Å². The molecule has 2 rings (SSSR count). The average Bonchev–Trinajstić information content (AvgIpc) is 2.42. The molecule has 2 nitrogen and oxygen atoms in total. The van der Waals surface area contributed by atoms with Crippen molar-refractivity contribution in [2.45, 2.75) is 0 Å². The number of thiophene rings is 2. The average molecular weight is 219 g/mol. The molecule has 0 amide bonds. The Balaban J connectivity index is 2.64. The summed E-state index contributed by atoms with van der Waals surface area (Å²) < 4.78 is 2.60. The Morgan fingerprint density at radius 2 is 2.00 bits per heavy atom. The molecule has 0 aliphatic carbocycles. The van der Waals surface area contributed by atoms with Crippen LogP contribution in [0, 0.1) is 0 Å². The minimum atomic E-state index is -0.875. The van der Waals surface area contributed by atoms with Gasteiger partial charge in [-0.15, -0.1) is 22.7 Å². The summed E-state index contributed by atoms with van der Waals surface area (Å²) in [6.45, 7) is 0. The van der Waals surface area contributed by atoms with Crippen molar-refractivity contribution in [2.24, 2.45) is 0 Å². The Morgan fingerprint density at radius 1 is 1.33 bits per heavy atom. The molecule has 0 saturated carbocycles. The first-order valence-corrected chi connectivity index (χ1v) is 5.10. The molecule has 5 heteroatoms. The Labute approximate surface area is 81.0 Å². The van der Waals surface area contributed by atoms with Gasteiger partial charge in [-0.05, 0) is 12.1 Å². The van der Waals surface area contributed by atoms with E-state index >= 15 is 0 Å². The van der Waals surface area contributed by atoms with Crippen molar-refractivity contribution in [1.82, 2.24) is 0 Å². The SMILES string of the molecule is O=C(O)c1cc2sc(Cl)cc2s1. The van der Waals surface area contributed by atoms with Gasteiger partial charge >= 0.3 is 5.97 Å². The number of hydrogen-bond acceptors (Lipinski definition) is 3. The van der Waals surface area contributed by atoms with Crippen LogP contribution in [0.3, 0.4) is 0 Å². The molecule has 2 aromatic heterocycles. The van der Waals surface area contributed by atoms with Gasteiger partial charge in [0.2, 0.25) is 0 Å². The first-order chi connectivity index (χ1) is 5.66. The predicted octanol–water partition coefficient (Wildman–Crippen LogP) is 3.31. The molecule has 0 spiro atoms. The molecule has 0 aliphatic heterocycles. The largest absolute Gasteiger partial charge is 0.477 e. The van der Waals surface area contributed by atoms with Gasteiger partial charge in [0.1, 0.15) is 4.88 Å². The van der Waals surface area contributed by atoms with Crippen LogP contribution in [-0.2, 0) is 0 Å². The number of halogens is 1. The zero-order chi connectivity index (χ0) is 8.72. The molecule has 0 saturated heterocycles. The van der Waals surface area contributed by atoms with Crippen LogP contribution in [0.2, 0.25) is 4.34 Å². The van der Waals surface area contributed by atoms with Crippen molar-refractivity contribution in [1.29, 1.82) is 0 Å². The number of carboxylic acid groups (broad SMARTS) is 1. The predicted molar refractivity (Wildman–Crippen MR) is 51.7 cm³/mol. The molecule has 2 aromatic rings. The lowest BCUT2D eigenvalue weighted by Crippen LogP contribution is -1.89.